The summed E-state index contributed by atoms with van der Waals surface area (Å²) >= 11 is 0. The molecule has 5 heteroatoms. The predicted molar refractivity (Wildman–Crippen MR) is 91.3 cm³/mol. The van der Waals surface area contributed by atoms with Crippen LogP contribution in [-0.4, -0.2) is 47.0 Å². The Hall–Kier alpha value is -1.88. The molecule has 0 radical (unpaired) electrons. The second kappa shape index (κ2) is 5.88. The first kappa shape index (κ1) is 17.0. The molecule has 0 aliphatic carbocycles. The smallest absolute Gasteiger partial charge is 0.417 e. The summed E-state index contributed by atoms with van der Waals surface area (Å²) in [6, 6.07) is 10.3. The average Bonchev–Trinajstić information content (AvgIpc) is 2.91. The predicted octanol–water partition coefficient (Wildman–Crippen LogP) is 2.90. The molecule has 0 bridgehead atoms. The minimum absolute atomic E-state index is 0.0951. The van der Waals surface area contributed by atoms with Gasteiger partial charge in [0.1, 0.15) is 5.60 Å². The van der Waals surface area contributed by atoms with Crippen LogP contribution >= 0.6 is 0 Å². The molecule has 0 aromatic heterocycles. The zero-order valence-corrected chi connectivity index (χ0v) is 14.9. The first-order valence-corrected chi connectivity index (χ1v) is 8.49. The lowest BCUT2D eigenvalue weighted by atomic mass is 9.83. The highest BCUT2D eigenvalue weighted by Crippen LogP contribution is 2.43. The van der Waals surface area contributed by atoms with Crippen molar-refractivity contribution in [2.45, 2.75) is 39.8 Å². The Labute approximate surface area is 143 Å². The summed E-state index contributed by atoms with van der Waals surface area (Å²) in [5.41, 5.74) is 0.468. The Bertz CT molecular complexity index is 638. The number of benzene rings is 1. The van der Waals surface area contributed by atoms with Gasteiger partial charge in [-0.3, -0.25) is 9.69 Å². The van der Waals surface area contributed by atoms with Crippen LogP contribution in [0, 0.1) is 11.3 Å². The highest BCUT2D eigenvalue weighted by molar-refractivity contribution is 5.96. The molecular weight excluding hydrogens is 304 g/mol. The molecule has 2 heterocycles. The lowest BCUT2D eigenvalue weighted by Gasteiger charge is -2.26. The molecule has 1 aromatic rings. The topological polar surface area (TPSA) is 49.9 Å². The first-order valence-electron chi connectivity index (χ1n) is 8.49. The number of carbonyl (C=O) groups is 2. The normalized spacial score (nSPS) is 27.4. The number of hydrogen-bond donors (Lipinski definition) is 0. The fourth-order valence-corrected chi connectivity index (χ4v) is 3.76. The van der Waals surface area contributed by atoms with Crippen LogP contribution < -0.4 is 0 Å². The van der Waals surface area contributed by atoms with E-state index in [-0.39, 0.29) is 17.2 Å². The fourth-order valence-electron chi connectivity index (χ4n) is 3.76. The van der Waals surface area contributed by atoms with Crippen molar-refractivity contribution >= 4 is 12.0 Å². The largest absolute Gasteiger partial charge is 0.443 e. The molecule has 3 rings (SSSR count). The second-order valence-electron chi connectivity index (χ2n) is 8.27. The summed E-state index contributed by atoms with van der Waals surface area (Å²) in [5, 5.41) is 0. The lowest BCUT2D eigenvalue weighted by molar-refractivity contribution is -0.130. The summed E-state index contributed by atoms with van der Waals surface area (Å²) < 4.78 is 5.38. The van der Waals surface area contributed by atoms with E-state index in [0.717, 1.165) is 13.1 Å². The van der Waals surface area contributed by atoms with Crippen molar-refractivity contribution in [1.29, 1.82) is 0 Å². The van der Waals surface area contributed by atoms with E-state index in [4.69, 9.17) is 4.74 Å². The number of imide groups is 1. The fraction of sp³-hybridized carbons (Fsp3) is 0.579. The van der Waals surface area contributed by atoms with E-state index in [0.29, 0.717) is 13.1 Å². The highest BCUT2D eigenvalue weighted by atomic mass is 16.6. The van der Waals surface area contributed by atoms with Crippen LogP contribution in [0.15, 0.2) is 30.3 Å². The van der Waals surface area contributed by atoms with Crippen LogP contribution in [0.25, 0.3) is 0 Å². The first-order chi connectivity index (χ1) is 11.2. The molecule has 0 N–H and O–H groups in total. The number of likely N-dealkylation sites (tertiary alicyclic amines) is 2. The van der Waals surface area contributed by atoms with Crippen molar-refractivity contribution in [3.63, 3.8) is 0 Å². The Kier molecular flexibility index (Phi) is 4.16. The molecule has 5 nitrogen and oxygen atoms in total. The molecule has 2 fully saturated rings. The van der Waals surface area contributed by atoms with Gasteiger partial charge >= 0.3 is 6.09 Å². The third kappa shape index (κ3) is 3.31. The van der Waals surface area contributed by atoms with Gasteiger partial charge in [-0.2, -0.15) is 0 Å². The number of amides is 2. The number of fused-ring (bicyclic) bond motifs is 1. The van der Waals surface area contributed by atoms with E-state index in [1.807, 2.05) is 39.0 Å². The Balaban J connectivity index is 1.67. The monoisotopic (exact) mass is 330 g/mol. The van der Waals surface area contributed by atoms with Crippen LogP contribution in [0.5, 0.6) is 0 Å². The standard InChI is InChI=1S/C19H26N2O3/c1-18(2,3)24-17(23)21-13-19(4)12-20(11-15(19)16(21)22)10-14-8-6-5-7-9-14/h5-9,15H,10-13H2,1-4H3/t15-,19+/m1/s1. The minimum Gasteiger partial charge on any atom is -0.443 e. The van der Waals surface area contributed by atoms with Gasteiger partial charge in [0, 0.05) is 31.6 Å². The summed E-state index contributed by atoms with van der Waals surface area (Å²) in [6.45, 7) is 10.3. The molecule has 0 unspecified atom stereocenters. The zero-order valence-electron chi connectivity index (χ0n) is 14.9. The number of carbonyl (C=O) groups excluding carboxylic acids is 2. The van der Waals surface area contributed by atoms with Crippen LogP contribution in [0.1, 0.15) is 33.3 Å². The summed E-state index contributed by atoms with van der Waals surface area (Å²) in [4.78, 5) is 28.6. The summed E-state index contributed by atoms with van der Waals surface area (Å²) in [5.74, 6) is -0.226. The lowest BCUT2D eigenvalue weighted by Crippen LogP contribution is -2.41. The van der Waals surface area contributed by atoms with Crippen molar-refractivity contribution in [2.24, 2.45) is 11.3 Å². The van der Waals surface area contributed by atoms with Gasteiger partial charge in [0.05, 0.1) is 5.92 Å². The van der Waals surface area contributed by atoms with E-state index in [1.54, 1.807) is 0 Å². The number of rotatable bonds is 2. The Morgan fingerprint density at radius 1 is 1.25 bits per heavy atom. The molecule has 2 atom stereocenters. The van der Waals surface area contributed by atoms with Gasteiger partial charge in [0.2, 0.25) is 5.91 Å². The van der Waals surface area contributed by atoms with Gasteiger partial charge in [-0.15, -0.1) is 0 Å². The average molecular weight is 330 g/mol. The molecule has 130 valence electrons. The molecule has 0 saturated carbocycles. The highest BCUT2D eigenvalue weighted by Gasteiger charge is 2.56. The molecule has 2 saturated heterocycles. The maximum absolute atomic E-state index is 12.7. The Morgan fingerprint density at radius 2 is 1.92 bits per heavy atom. The van der Waals surface area contributed by atoms with Crippen LogP contribution in [-0.2, 0) is 16.1 Å². The summed E-state index contributed by atoms with van der Waals surface area (Å²) in [7, 11) is 0. The molecule has 0 spiro atoms. The SMILES string of the molecule is CC(C)(C)OC(=O)N1C[C@]2(C)CN(Cc3ccccc3)C[C@@H]2C1=O. The number of nitrogens with zero attached hydrogens (tertiary/aromatic N) is 2. The molecule has 1 aromatic carbocycles. The van der Waals surface area contributed by atoms with E-state index in [2.05, 4.69) is 24.0 Å². The molecule has 2 amide bonds. The van der Waals surface area contributed by atoms with Crippen molar-refractivity contribution in [3.05, 3.63) is 35.9 Å². The van der Waals surface area contributed by atoms with Gasteiger partial charge in [-0.1, -0.05) is 37.3 Å². The van der Waals surface area contributed by atoms with Crippen molar-refractivity contribution in [2.75, 3.05) is 19.6 Å². The summed E-state index contributed by atoms with van der Waals surface area (Å²) in [6.07, 6.45) is -0.516. The van der Waals surface area contributed by atoms with Crippen LogP contribution in [0.3, 0.4) is 0 Å². The third-order valence-corrected chi connectivity index (χ3v) is 4.81. The van der Waals surface area contributed by atoms with Gasteiger partial charge in [-0.25, -0.2) is 9.69 Å². The van der Waals surface area contributed by atoms with Crippen LogP contribution in [0.4, 0.5) is 4.79 Å². The van der Waals surface area contributed by atoms with Gasteiger partial charge in [-0.05, 0) is 26.3 Å². The third-order valence-electron chi connectivity index (χ3n) is 4.81. The van der Waals surface area contributed by atoms with E-state index in [1.165, 1.54) is 10.5 Å². The van der Waals surface area contributed by atoms with Gasteiger partial charge in [0.15, 0.2) is 0 Å². The molecule has 2 aliphatic rings. The van der Waals surface area contributed by atoms with Crippen molar-refractivity contribution < 1.29 is 14.3 Å². The van der Waals surface area contributed by atoms with Crippen LogP contribution in [0.2, 0.25) is 0 Å². The minimum atomic E-state index is -0.588. The van der Waals surface area contributed by atoms with E-state index in [9.17, 15) is 9.59 Å². The van der Waals surface area contributed by atoms with Crippen molar-refractivity contribution in [3.8, 4) is 0 Å². The molecule has 24 heavy (non-hydrogen) atoms. The number of ether oxygens (including phenoxy) is 1. The molecular formula is C19H26N2O3. The van der Waals surface area contributed by atoms with E-state index < -0.39 is 11.7 Å². The maximum atomic E-state index is 12.7. The molecule has 2 aliphatic heterocycles. The Morgan fingerprint density at radius 3 is 2.50 bits per heavy atom. The second-order valence-corrected chi connectivity index (χ2v) is 8.27. The maximum Gasteiger partial charge on any atom is 0.417 e. The van der Waals surface area contributed by atoms with Gasteiger partial charge < -0.3 is 4.74 Å². The quantitative estimate of drug-likeness (QED) is 0.837. The van der Waals surface area contributed by atoms with Crippen molar-refractivity contribution in [1.82, 2.24) is 9.80 Å². The number of hydrogen-bond acceptors (Lipinski definition) is 4. The van der Waals surface area contributed by atoms with E-state index >= 15 is 0 Å². The van der Waals surface area contributed by atoms with Gasteiger partial charge in [0.25, 0.3) is 0 Å². The zero-order chi connectivity index (χ0) is 17.5.